The standard InChI is InChI=1S/C20H30N2O6/c1-7-9-21(3,4)11-17(23)27-15-13-25-20-16(14-26-19(15)20)28-18(24)12-22(5,6)10-8-2/h1-2,15-16,19-20H,9-14H2,3-6H3/q+2/t15-,16+,19-,20-/m1/s1. The summed E-state index contributed by atoms with van der Waals surface area (Å²) >= 11 is 0. The molecule has 8 nitrogen and oxygen atoms in total. The van der Waals surface area contributed by atoms with E-state index in [9.17, 15) is 9.59 Å². The largest absolute Gasteiger partial charge is 0.453 e. The van der Waals surface area contributed by atoms with E-state index in [-0.39, 0.29) is 38.2 Å². The van der Waals surface area contributed by atoms with E-state index in [0.29, 0.717) is 22.1 Å². The van der Waals surface area contributed by atoms with Gasteiger partial charge in [-0.1, -0.05) is 0 Å². The summed E-state index contributed by atoms with van der Waals surface area (Å²) in [5.74, 6) is 4.36. The van der Waals surface area contributed by atoms with Gasteiger partial charge in [-0.05, 0) is 11.8 Å². The van der Waals surface area contributed by atoms with E-state index in [1.54, 1.807) is 0 Å². The van der Waals surface area contributed by atoms with Gasteiger partial charge in [0.1, 0.15) is 25.3 Å². The van der Waals surface area contributed by atoms with Gasteiger partial charge in [0, 0.05) is 0 Å². The molecule has 0 N–H and O–H groups in total. The van der Waals surface area contributed by atoms with Crippen molar-refractivity contribution in [3.05, 3.63) is 0 Å². The molecule has 0 aromatic heterocycles. The minimum Gasteiger partial charge on any atom is -0.453 e. The van der Waals surface area contributed by atoms with Crippen LogP contribution in [0, 0.1) is 24.7 Å². The zero-order valence-corrected chi connectivity index (χ0v) is 17.1. The van der Waals surface area contributed by atoms with Crippen molar-refractivity contribution in [1.29, 1.82) is 0 Å². The van der Waals surface area contributed by atoms with Crippen LogP contribution < -0.4 is 0 Å². The number of likely N-dealkylation sites (N-methyl/N-ethyl adjacent to an activating group) is 2. The Hall–Kier alpha value is -2.10. The van der Waals surface area contributed by atoms with Crippen LogP contribution in [0.4, 0.5) is 0 Å². The normalized spacial score (nSPS) is 26.8. The predicted molar refractivity (Wildman–Crippen MR) is 101 cm³/mol. The highest BCUT2D eigenvalue weighted by Gasteiger charge is 2.51. The second kappa shape index (κ2) is 8.93. The fraction of sp³-hybridized carbons (Fsp3) is 0.700. The van der Waals surface area contributed by atoms with Crippen LogP contribution in [0.2, 0.25) is 0 Å². The van der Waals surface area contributed by atoms with Gasteiger partial charge in [0.2, 0.25) is 0 Å². The molecule has 2 rings (SSSR count). The molecule has 2 heterocycles. The molecule has 4 atom stereocenters. The molecule has 0 saturated carbocycles. The highest BCUT2D eigenvalue weighted by Crippen LogP contribution is 2.30. The maximum absolute atomic E-state index is 12.2. The molecular weight excluding hydrogens is 364 g/mol. The quantitative estimate of drug-likeness (QED) is 0.300. The van der Waals surface area contributed by atoms with Crippen LogP contribution >= 0.6 is 0 Å². The number of esters is 2. The van der Waals surface area contributed by atoms with Gasteiger partial charge < -0.3 is 27.9 Å². The number of hydrogen-bond acceptors (Lipinski definition) is 6. The van der Waals surface area contributed by atoms with Gasteiger partial charge in [0.25, 0.3) is 0 Å². The fourth-order valence-electron chi connectivity index (χ4n) is 3.35. The molecule has 2 aliphatic rings. The molecule has 28 heavy (non-hydrogen) atoms. The lowest BCUT2D eigenvalue weighted by Gasteiger charge is -2.27. The Morgan fingerprint density at radius 2 is 1.21 bits per heavy atom. The van der Waals surface area contributed by atoms with Crippen molar-refractivity contribution in [3.63, 3.8) is 0 Å². The third kappa shape index (κ3) is 5.95. The summed E-state index contributed by atoms with van der Waals surface area (Å²) in [7, 11) is 7.43. The summed E-state index contributed by atoms with van der Waals surface area (Å²) in [6, 6.07) is 0. The topological polar surface area (TPSA) is 71.1 Å². The first-order chi connectivity index (χ1) is 13.1. The molecule has 154 valence electrons. The predicted octanol–water partition coefficient (Wildman–Crippen LogP) is -0.973. The van der Waals surface area contributed by atoms with E-state index in [1.165, 1.54) is 0 Å². The zero-order valence-electron chi connectivity index (χ0n) is 17.1. The number of carbonyl (C=O) groups excluding carboxylic acids is 2. The third-order valence-corrected chi connectivity index (χ3v) is 4.68. The molecule has 0 radical (unpaired) electrons. The van der Waals surface area contributed by atoms with Crippen molar-refractivity contribution in [3.8, 4) is 24.7 Å². The van der Waals surface area contributed by atoms with Crippen LogP contribution in [0.3, 0.4) is 0 Å². The smallest absolute Gasteiger partial charge is 0.362 e. The average Bonchev–Trinajstić information content (AvgIpc) is 3.10. The van der Waals surface area contributed by atoms with Crippen LogP contribution in [0.25, 0.3) is 0 Å². The first kappa shape index (κ1) is 22.2. The SMILES string of the molecule is C#CC[N+](C)(C)CC(=O)O[C@H]1CO[C@H]2[C@@H]1OC[C@H]2OC(=O)C[N+](C)(C)CC#C. The maximum atomic E-state index is 12.2. The number of ether oxygens (including phenoxy) is 4. The molecule has 0 aromatic carbocycles. The van der Waals surface area contributed by atoms with Gasteiger partial charge in [-0.15, -0.1) is 12.8 Å². The molecular formula is C20H30N2O6+2. The fourth-order valence-corrected chi connectivity index (χ4v) is 3.35. The molecule has 8 heteroatoms. The molecule has 0 aromatic rings. The highest BCUT2D eigenvalue weighted by molar-refractivity contribution is 5.71. The second-order valence-electron chi connectivity index (χ2n) is 8.56. The van der Waals surface area contributed by atoms with Gasteiger partial charge in [0.05, 0.1) is 41.4 Å². The minimum atomic E-state index is -0.527. The van der Waals surface area contributed by atoms with Crippen LogP contribution in [0.1, 0.15) is 0 Å². The van der Waals surface area contributed by atoms with Crippen LogP contribution in [-0.4, -0.2) is 113 Å². The van der Waals surface area contributed by atoms with E-state index in [1.807, 2.05) is 28.2 Å². The molecule has 2 fully saturated rings. The summed E-state index contributed by atoms with van der Waals surface area (Å²) in [6.07, 6.45) is 8.70. The molecule has 0 spiro atoms. The monoisotopic (exact) mass is 394 g/mol. The van der Waals surface area contributed by atoms with Crippen molar-refractivity contribution >= 4 is 11.9 Å². The number of carbonyl (C=O) groups is 2. The third-order valence-electron chi connectivity index (χ3n) is 4.68. The van der Waals surface area contributed by atoms with Gasteiger partial charge in [-0.2, -0.15) is 0 Å². The summed E-state index contributed by atoms with van der Waals surface area (Å²) in [6.45, 7) is 1.56. The van der Waals surface area contributed by atoms with E-state index >= 15 is 0 Å². The highest BCUT2D eigenvalue weighted by atomic mass is 16.7. The van der Waals surface area contributed by atoms with Gasteiger partial charge >= 0.3 is 11.9 Å². The molecule has 0 aliphatic carbocycles. The van der Waals surface area contributed by atoms with Crippen molar-refractivity contribution < 1.29 is 37.5 Å². The zero-order chi connectivity index (χ0) is 20.9. The lowest BCUT2D eigenvalue weighted by atomic mass is 10.1. The number of rotatable bonds is 8. The maximum Gasteiger partial charge on any atom is 0.362 e. The number of nitrogens with zero attached hydrogens (tertiary/aromatic N) is 2. The van der Waals surface area contributed by atoms with Gasteiger partial charge in [-0.25, -0.2) is 9.59 Å². The van der Waals surface area contributed by atoms with Crippen LogP contribution in [-0.2, 0) is 28.5 Å². The molecule has 0 amide bonds. The molecule has 0 unspecified atom stereocenters. The molecule has 0 bridgehead atoms. The van der Waals surface area contributed by atoms with Crippen molar-refractivity contribution in [2.45, 2.75) is 24.4 Å². The van der Waals surface area contributed by atoms with E-state index in [0.717, 1.165) is 0 Å². The Morgan fingerprint density at radius 3 is 1.54 bits per heavy atom. The lowest BCUT2D eigenvalue weighted by molar-refractivity contribution is -0.875. The lowest BCUT2D eigenvalue weighted by Crippen LogP contribution is -2.46. The number of fused-ring (bicyclic) bond motifs is 1. The van der Waals surface area contributed by atoms with Crippen LogP contribution in [0.15, 0.2) is 0 Å². The summed E-state index contributed by atoms with van der Waals surface area (Å²) < 4.78 is 23.2. The number of terminal acetylenes is 2. The van der Waals surface area contributed by atoms with E-state index in [4.69, 9.17) is 31.8 Å². The van der Waals surface area contributed by atoms with Crippen molar-refractivity contribution in [2.24, 2.45) is 0 Å². The average molecular weight is 394 g/mol. The van der Waals surface area contributed by atoms with Gasteiger partial charge in [-0.3, -0.25) is 0 Å². The van der Waals surface area contributed by atoms with Crippen molar-refractivity contribution in [1.82, 2.24) is 0 Å². The summed E-state index contributed by atoms with van der Waals surface area (Å²) in [5, 5.41) is 0. The Balaban J connectivity index is 1.85. The van der Waals surface area contributed by atoms with E-state index in [2.05, 4.69) is 11.8 Å². The van der Waals surface area contributed by atoms with Crippen LogP contribution in [0.5, 0.6) is 0 Å². The Morgan fingerprint density at radius 1 is 0.857 bits per heavy atom. The first-order valence-electron chi connectivity index (χ1n) is 9.20. The molecule has 2 saturated heterocycles. The Kier molecular flexibility index (Phi) is 7.08. The van der Waals surface area contributed by atoms with E-state index < -0.39 is 24.4 Å². The number of hydrogen-bond donors (Lipinski definition) is 0. The van der Waals surface area contributed by atoms with Crippen molar-refractivity contribution in [2.75, 3.05) is 67.6 Å². The Labute approximate surface area is 166 Å². The number of quaternary nitrogens is 2. The second-order valence-corrected chi connectivity index (χ2v) is 8.56. The Bertz CT molecular complexity index is 617. The van der Waals surface area contributed by atoms with Gasteiger partial charge in [0.15, 0.2) is 25.3 Å². The first-order valence-corrected chi connectivity index (χ1v) is 9.20. The summed E-state index contributed by atoms with van der Waals surface area (Å²) in [5.41, 5.74) is 0. The summed E-state index contributed by atoms with van der Waals surface area (Å²) in [4.78, 5) is 24.5. The molecule has 2 aliphatic heterocycles. The minimum absolute atomic E-state index is 0.151.